The van der Waals surface area contributed by atoms with Gasteiger partial charge < -0.3 is 9.72 Å². The molecule has 130 valence electrons. The largest absolute Gasteiger partial charge is 0.496 e. The second kappa shape index (κ2) is 6.65. The molecule has 1 amide bonds. The molecule has 4 rings (SSSR count). The summed E-state index contributed by atoms with van der Waals surface area (Å²) in [5, 5.41) is 6.29. The number of fused-ring (bicyclic) bond motifs is 1. The molecule has 0 spiro atoms. The highest BCUT2D eigenvalue weighted by Gasteiger charge is 2.14. The van der Waals surface area contributed by atoms with E-state index in [2.05, 4.69) is 15.3 Å². The van der Waals surface area contributed by atoms with Crippen LogP contribution in [0.25, 0.3) is 22.2 Å². The van der Waals surface area contributed by atoms with Gasteiger partial charge in [0.1, 0.15) is 5.75 Å². The molecule has 0 radical (unpaired) electrons. The third kappa shape index (κ3) is 2.95. The Labute approximate surface area is 154 Å². The minimum Gasteiger partial charge on any atom is -0.496 e. The fraction of sp³-hybridized carbons (Fsp3) is 0.100. The average Bonchev–Trinajstić information content (AvgIpc) is 3.28. The first-order valence-electron chi connectivity index (χ1n) is 8.13. The number of methoxy groups -OCH3 is 1. The first kappa shape index (κ1) is 16.4. The van der Waals surface area contributed by atoms with Crippen molar-refractivity contribution in [3.8, 4) is 17.0 Å². The van der Waals surface area contributed by atoms with Gasteiger partial charge >= 0.3 is 0 Å². The topological polar surface area (TPSA) is 67.0 Å². The molecule has 0 fully saturated rings. The minimum atomic E-state index is -0.172. The Morgan fingerprint density at radius 3 is 2.88 bits per heavy atom. The van der Waals surface area contributed by atoms with E-state index >= 15 is 0 Å². The zero-order valence-corrected chi connectivity index (χ0v) is 15.2. The van der Waals surface area contributed by atoms with Crippen molar-refractivity contribution >= 4 is 33.3 Å². The third-order valence-electron chi connectivity index (χ3n) is 4.25. The van der Waals surface area contributed by atoms with E-state index < -0.39 is 0 Å². The predicted molar refractivity (Wildman–Crippen MR) is 105 cm³/mol. The fourth-order valence-corrected chi connectivity index (χ4v) is 3.64. The number of aryl methyl sites for hydroxylation is 1. The van der Waals surface area contributed by atoms with Crippen LogP contribution in [0, 0.1) is 6.92 Å². The molecule has 2 N–H and O–H groups in total. The first-order valence-corrected chi connectivity index (χ1v) is 9.01. The molecule has 2 aromatic heterocycles. The number of nitrogens with one attached hydrogen (secondary N) is 2. The zero-order valence-electron chi connectivity index (χ0n) is 14.4. The quantitative estimate of drug-likeness (QED) is 0.544. The van der Waals surface area contributed by atoms with E-state index in [9.17, 15) is 4.79 Å². The Balaban J connectivity index is 1.57. The smallest absolute Gasteiger partial charge is 0.259 e. The molecular weight excluding hydrogens is 346 g/mol. The lowest BCUT2D eigenvalue weighted by Crippen LogP contribution is -2.11. The van der Waals surface area contributed by atoms with E-state index in [-0.39, 0.29) is 5.91 Å². The number of H-pyrrole nitrogens is 1. The van der Waals surface area contributed by atoms with Crippen molar-refractivity contribution in [3.63, 3.8) is 0 Å². The van der Waals surface area contributed by atoms with Crippen LogP contribution in [0.15, 0.2) is 54.0 Å². The van der Waals surface area contributed by atoms with Gasteiger partial charge in [-0.2, -0.15) is 0 Å². The highest BCUT2D eigenvalue weighted by molar-refractivity contribution is 7.14. The summed E-state index contributed by atoms with van der Waals surface area (Å²) >= 11 is 1.41. The highest BCUT2D eigenvalue weighted by Crippen LogP contribution is 2.29. The maximum Gasteiger partial charge on any atom is 0.259 e. The number of amides is 1. The summed E-state index contributed by atoms with van der Waals surface area (Å²) in [5.74, 6) is 0.672. The Morgan fingerprint density at radius 2 is 2.08 bits per heavy atom. The van der Waals surface area contributed by atoms with Gasteiger partial charge in [-0.15, -0.1) is 11.3 Å². The van der Waals surface area contributed by atoms with Gasteiger partial charge in [0.05, 0.1) is 18.4 Å². The number of aromatic amines is 1. The third-order valence-corrected chi connectivity index (χ3v) is 5.01. The summed E-state index contributed by atoms with van der Waals surface area (Å²) in [4.78, 5) is 20.2. The van der Waals surface area contributed by atoms with E-state index in [0.29, 0.717) is 10.7 Å². The second-order valence-corrected chi connectivity index (χ2v) is 6.78. The van der Waals surface area contributed by atoms with Crippen LogP contribution >= 0.6 is 11.3 Å². The number of benzene rings is 2. The molecule has 0 aliphatic carbocycles. The number of nitrogens with zero attached hydrogens (tertiary/aromatic N) is 1. The van der Waals surface area contributed by atoms with Gasteiger partial charge in [0.2, 0.25) is 0 Å². The molecule has 2 aromatic carbocycles. The molecule has 0 atom stereocenters. The molecule has 0 aliphatic rings. The predicted octanol–water partition coefficient (Wildman–Crippen LogP) is 4.86. The van der Waals surface area contributed by atoms with Gasteiger partial charge in [-0.25, -0.2) is 4.98 Å². The van der Waals surface area contributed by atoms with E-state index in [1.54, 1.807) is 13.3 Å². The van der Waals surface area contributed by atoms with Crippen molar-refractivity contribution in [2.24, 2.45) is 0 Å². The monoisotopic (exact) mass is 363 g/mol. The van der Waals surface area contributed by atoms with Crippen LogP contribution in [0.1, 0.15) is 15.9 Å². The molecule has 6 heteroatoms. The molecule has 4 aromatic rings. The van der Waals surface area contributed by atoms with Gasteiger partial charge in [-0.05, 0) is 36.8 Å². The molecular formula is C20H17N3O2S. The number of ether oxygens (including phenoxy) is 1. The summed E-state index contributed by atoms with van der Waals surface area (Å²) in [6, 6.07) is 13.6. The van der Waals surface area contributed by atoms with E-state index in [0.717, 1.165) is 33.5 Å². The molecule has 5 nitrogen and oxygen atoms in total. The number of carbonyl (C=O) groups is 1. The van der Waals surface area contributed by atoms with Gasteiger partial charge in [0, 0.05) is 28.0 Å². The van der Waals surface area contributed by atoms with Gasteiger partial charge in [-0.3, -0.25) is 10.1 Å². The molecule has 2 heterocycles. The Kier molecular flexibility index (Phi) is 4.18. The lowest BCUT2D eigenvalue weighted by molar-refractivity contribution is 0.102. The second-order valence-electron chi connectivity index (χ2n) is 5.92. The maximum atomic E-state index is 12.6. The minimum absolute atomic E-state index is 0.172. The summed E-state index contributed by atoms with van der Waals surface area (Å²) in [7, 11) is 1.66. The normalized spacial score (nSPS) is 10.8. The van der Waals surface area contributed by atoms with Crippen LogP contribution in [-0.4, -0.2) is 23.0 Å². The van der Waals surface area contributed by atoms with Crippen LogP contribution in [0.2, 0.25) is 0 Å². The van der Waals surface area contributed by atoms with Crippen molar-refractivity contribution in [3.05, 3.63) is 65.2 Å². The van der Waals surface area contributed by atoms with Crippen molar-refractivity contribution in [2.75, 3.05) is 12.4 Å². The average molecular weight is 363 g/mol. The lowest BCUT2D eigenvalue weighted by atomic mass is 10.1. The molecule has 0 unspecified atom stereocenters. The number of hydrogen-bond donors (Lipinski definition) is 2. The van der Waals surface area contributed by atoms with Crippen molar-refractivity contribution in [1.29, 1.82) is 0 Å². The summed E-state index contributed by atoms with van der Waals surface area (Å²) in [6.45, 7) is 1.99. The maximum absolute atomic E-state index is 12.6. The van der Waals surface area contributed by atoms with Gasteiger partial charge in [0.15, 0.2) is 5.13 Å². The van der Waals surface area contributed by atoms with Crippen molar-refractivity contribution < 1.29 is 9.53 Å². The van der Waals surface area contributed by atoms with E-state index in [4.69, 9.17) is 4.74 Å². The first-order chi connectivity index (χ1) is 12.7. The van der Waals surface area contributed by atoms with Crippen LogP contribution in [0.5, 0.6) is 5.75 Å². The molecule has 0 bridgehead atoms. The molecule has 26 heavy (non-hydrogen) atoms. The Bertz CT molecular complexity index is 1100. The summed E-state index contributed by atoms with van der Waals surface area (Å²) < 4.78 is 5.29. The van der Waals surface area contributed by atoms with Crippen LogP contribution in [0.4, 0.5) is 5.13 Å². The van der Waals surface area contributed by atoms with Crippen LogP contribution in [0.3, 0.4) is 0 Å². The number of aromatic nitrogens is 2. The highest BCUT2D eigenvalue weighted by atomic mass is 32.1. The number of hydrogen-bond acceptors (Lipinski definition) is 4. The Morgan fingerprint density at radius 1 is 1.23 bits per heavy atom. The van der Waals surface area contributed by atoms with Gasteiger partial charge in [0.25, 0.3) is 5.91 Å². The van der Waals surface area contributed by atoms with Crippen molar-refractivity contribution in [2.45, 2.75) is 6.92 Å². The number of carbonyl (C=O) groups excluding carboxylic acids is 1. The number of thiazole rings is 1. The Hall–Kier alpha value is -3.12. The van der Waals surface area contributed by atoms with Crippen molar-refractivity contribution in [1.82, 2.24) is 9.97 Å². The SMILES string of the molecule is COc1ccc(-c2csc(NC(=O)c3c[nH]c4ccccc34)n2)cc1C. The number of anilines is 1. The zero-order chi connectivity index (χ0) is 18.1. The van der Waals surface area contributed by atoms with Crippen LogP contribution < -0.4 is 10.1 Å². The van der Waals surface area contributed by atoms with Gasteiger partial charge in [-0.1, -0.05) is 18.2 Å². The number of para-hydroxylation sites is 1. The molecule has 0 saturated carbocycles. The van der Waals surface area contributed by atoms with E-state index in [1.165, 1.54) is 11.3 Å². The van der Waals surface area contributed by atoms with Crippen LogP contribution in [-0.2, 0) is 0 Å². The fourth-order valence-electron chi connectivity index (χ4n) is 2.93. The van der Waals surface area contributed by atoms with E-state index in [1.807, 2.05) is 54.8 Å². The molecule has 0 aliphatic heterocycles. The molecule has 0 saturated heterocycles. The lowest BCUT2D eigenvalue weighted by Gasteiger charge is -2.05. The summed E-state index contributed by atoms with van der Waals surface area (Å²) in [6.07, 6.45) is 1.72. The standard InChI is InChI=1S/C20H17N3O2S/c1-12-9-13(7-8-18(12)25-2)17-11-26-20(22-17)23-19(24)15-10-21-16-6-4-3-5-14(15)16/h3-11,21H,1-2H3,(H,22,23,24). The summed E-state index contributed by atoms with van der Waals surface area (Å²) in [5.41, 5.74) is 4.41. The number of rotatable bonds is 4.